The lowest BCUT2D eigenvalue weighted by molar-refractivity contribution is 0.216. The number of benzene rings is 1. The number of nitrogens with one attached hydrogen (secondary N) is 1. The Balaban J connectivity index is 2.18. The van der Waals surface area contributed by atoms with Crippen LogP contribution in [0.2, 0.25) is 5.02 Å². The van der Waals surface area contributed by atoms with E-state index in [1.807, 2.05) is 0 Å². The molecule has 21 heavy (non-hydrogen) atoms. The lowest BCUT2D eigenvalue weighted by atomic mass is 9.76. The summed E-state index contributed by atoms with van der Waals surface area (Å²) in [6, 6.07) is 5.07. The summed E-state index contributed by atoms with van der Waals surface area (Å²) in [7, 11) is 0. The monoisotopic (exact) mass is 311 g/mol. The summed E-state index contributed by atoms with van der Waals surface area (Å²) in [6.07, 6.45) is 7.18. The second-order valence-electron chi connectivity index (χ2n) is 6.26. The lowest BCUT2D eigenvalue weighted by Crippen LogP contribution is -2.32. The van der Waals surface area contributed by atoms with Crippen LogP contribution >= 0.6 is 11.6 Å². The highest BCUT2D eigenvalue weighted by atomic mass is 35.5. The molecule has 1 aromatic rings. The maximum absolute atomic E-state index is 14.3. The molecule has 0 radical (unpaired) electrons. The Morgan fingerprint density at radius 1 is 1.24 bits per heavy atom. The van der Waals surface area contributed by atoms with Gasteiger partial charge >= 0.3 is 0 Å². The molecule has 1 fully saturated rings. The summed E-state index contributed by atoms with van der Waals surface area (Å²) in [4.78, 5) is 0. The van der Waals surface area contributed by atoms with E-state index in [4.69, 9.17) is 11.6 Å². The maximum atomic E-state index is 14.3. The SMILES string of the molecule is CCCNC(c1c(F)cccc1Cl)C1CCC(CC)CC1. The summed E-state index contributed by atoms with van der Waals surface area (Å²) in [6.45, 7) is 5.32. The zero-order valence-corrected chi connectivity index (χ0v) is 13.9. The molecular formula is C18H27ClFN. The van der Waals surface area contributed by atoms with E-state index in [2.05, 4.69) is 19.2 Å². The Bertz CT molecular complexity index is 421. The fourth-order valence-corrected chi connectivity index (χ4v) is 3.82. The fraction of sp³-hybridized carbons (Fsp3) is 0.667. The summed E-state index contributed by atoms with van der Waals surface area (Å²) in [5.41, 5.74) is 0.674. The van der Waals surface area contributed by atoms with Crippen LogP contribution in [0.5, 0.6) is 0 Å². The predicted molar refractivity (Wildman–Crippen MR) is 88.2 cm³/mol. The molecule has 2 rings (SSSR count). The van der Waals surface area contributed by atoms with E-state index in [1.54, 1.807) is 12.1 Å². The molecule has 0 bridgehead atoms. The van der Waals surface area contributed by atoms with Crippen molar-refractivity contribution in [3.63, 3.8) is 0 Å². The Morgan fingerprint density at radius 3 is 2.52 bits per heavy atom. The van der Waals surface area contributed by atoms with Crippen molar-refractivity contribution in [2.45, 2.75) is 58.4 Å². The van der Waals surface area contributed by atoms with Crippen molar-refractivity contribution in [3.8, 4) is 0 Å². The van der Waals surface area contributed by atoms with Gasteiger partial charge in [-0.15, -0.1) is 0 Å². The highest BCUT2D eigenvalue weighted by Gasteiger charge is 2.30. The van der Waals surface area contributed by atoms with Crippen LogP contribution in [0.15, 0.2) is 18.2 Å². The Hall–Kier alpha value is -0.600. The molecule has 1 aromatic carbocycles. The molecule has 0 amide bonds. The molecule has 1 nitrogen and oxygen atoms in total. The second-order valence-corrected chi connectivity index (χ2v) is 6.66. The van der Waals surface area contributed by atoms with Crippen LogP contribution in [0.1, 0.15) is 64.0 Å². The van der Waals surface area contributed by atoms with E-state index in [0.717, 1.165) is 18.9 Å². The van der Waals surface area contributed by atoms with E-state index in [9.17, 15) is 4.39 Å². The smallest absolute Gasteiger partial charge is 0.129 e. The van der Waals surface area contributed by atoms with E-state index < -0.39 is 0 Å². The first-order chi connectivity index (χ1) is 10.2. The molecule has 1 N–H and O–H groups in total. The number of rotatable bonds is 6. The van der Waals surface area contributed by atoms with Crippen LogP contribution < -0.4 is 5.32 Å². The highest BCUT2D eigenvalue weighted by Crippen LogP contribution is 2.40. The third kappa shape index (κ3) is 4.20. The van der Waals surface area contributed by atoms with Gasteiger partial charge in [-0.2, -0.15) is 0 Å². The largest absolute Gasteiger partial charge is 0.310 e. The Morgan fingerprint density at radius 2 is 1.95 bits per heavy atom. The van der Waals surface area contributed by atoms with Gasteiger partial charge in [-0.05, 0) is 49.8 Å². The van der Waals surface area contributed by atoms with E-state index in [1.165, 1.54) is 38.2 Å². The molecule has 1 unspecified atom stereocenters. The zero-order valence-electron chi connectivity index (χ0n) is 13.2. The van der Waals surface area contributed by atoms with Gasteiger partial charge in [0, 0.05) is 16.6 Å². The van der Waals surface area contributed by atoms with Gasteiger partial charge in [0.05, 0.1) is 0 Å². The summed E-state index contributed by atoms with van der Waals surface area (Å²) in [5, 5.41) is 4.10. The number of hydrogen-bond donors (Lipinski definition) is 1. The average Bonchev–Trinajstić information content (AvgIpc) is 2.50. The minimum absolute atomic E-state index is 0.0523. The van der Waals surface area contributed by atoms with Gasteiger partial charge in [-0.25, -0.2) is 4.39 Å². The summed E-state index contributed by atoms with van der Waals surface area (Å²) in [5.74, 6) is 1.17. The van der Waals surface area contributed by atoms with Gasteiger partial charge in [0.25, 0.3) is 0 Å². The molecule has 0 aliphatic heterocycles. The minimum atomic E-state index is -0.172. The third-order valence-electron chi connectivity index (χ3n) is 4.87. The van der Waals surface area contributed by atoms with E-state index >= 15 is 0 Å². The third-order valence-corrected chi connectivity index (χ3v) is 5.19. The van der Waals surface area contributed by atoms with Crippen molar-refractivity contribution in [3.05, 3.63) is 34.6 Å². The first-order valence-electron chi connectivity index (χ1n) is 8.34. The van der Waals surface area contributed by atoms with E-state index in [-0.39, 0.29) is 11.9 Å². The van der Waals surface area contributed by atoms with Crippen molar-refractivity contribution in [2.24, 2.45) is 11.8 Å². The fourth-order valence-electron chi connectivity index (χ4n) is 3.54. The standard InChI is InChI=1S/C18H27ClFN/c1-3-12-21-18(14-10-8-13(4-2)9-11-14)17-15(19)6-5-7-16(17)20/h5-7,13-14,18,21H,3-4,8-12H2,1-2H3. The van der Waals surface area contributed by atoms with Crippen molar-refractivity contribution in [1.29, 1.82) is 0 Å². The van der Waals surface area contributed by atoms with Crippen LogP contribution in [0.25, 0.3) is 0 Å². The topological polar surface area (TPSA) is 12.0 Å². The van der Waals surface area contributed by atoms with Gasteiger partial charge in [0.2, 0.25) is 0 Å². The normalized spacial score (nSPS) is 24.0. The quantitative estimate of drug-likeness (QED) is 0.706. The van der Waals surface area contributed by atoms with Crippen molar-refractivity contribution in [2.75, 3.05) is 6.54 Å². The first-order valence-corrected chi connectivity index (χ1v) is 8.72. The molecule has 1 aliphatic carbocycles. The molecule has 3 heteroatoms. The zero-order chi connectivity index (χ0) is 15.2. The molecule has 0 aromatic heterocycles. The molecule has 1 atom stereocenters. The maximum Gasteiger partial charge on any atom is 0.129 e. The molecule has 0 heterocycles. The van der Waals surface area contributed by atoms with Crippen molar-refractivity contribution < 1.29 is 4.39 Å². The lowest BCUT2D eigenvalue weighted by Gasteiger charge is -2.35. The van der Waals surface area contributed by atoms with Crippen LogP contribution in [-0.2, 0) is 0 Å². The second kappa shape index (κ2) is 8.14. The first kappa shape index (κ1) is 16.8. The van der Waals surface area contributed by atoms with Crippen molar-refractivity contribution >= 4 is 11.6 Å². The Kier molecular flexibility index (Phi) is 6.50. The predicted octanol–water partition coefficient (Wildman–Crippen LogP) is 5.74. The molecule has 118 valence electrons. The van der Waals surface area contributed by atoms with Gasteiger partial charge in [0.15, 0.2) is 0 Å². The van der Waals surface area contributed by atoms with Crippen LogP contribution in [0.4, 0.5) is 4.39 Å². The van der Waals surface area contributed by atoms with Crippen LogP contribution in [-0.4, -0.2) is 6.54 Å². The van der Waals surface area contributed by atoms with Gasteiger partial charge in [-0.3, -0.25) is 0 Å². The molecular weight excluding hydrogens is 285 g/mol. The summed E-state index contributed by atoms with van der Waals surface area (Å²) < 4.78 is 14.3. The Labute approximate surface area is 133 Å². The molecule has 1 aliphatic rings. The van der Waals surface area contributed by atoms with Gasteiger partial charge in [0.1, 0.15) is 5.82 Å². The summed E-state index contributed by atoms with van der Waals surface area (Å²) >= 11 is 6.30. The molecule has 0 saturated heterocycles. The van der Waals surface area contributed by atoms with E-state index in [0.29, 0.717) is 16.5 Å². The van der Waals surface area contributed by atoms with Crippen LogP contribution in [0, 0.1) is 17.7 Å². The highest BCUT2D eigenvalue weighted by molar-refractivity contribution is 6.31. The number of halogens is 2. The van der Waals surface area contributed by atoms with Gasteiger partial charge < -0.3 is 5.32 Å². The van der Waals surface area contributed by atoms with Crippen molar-refractivity contribution in [1.82, 2.24) is 5.32 Å². The molecule has 1 saturated carbocycles. The molecule has 0 spiro atoms. The van der Waals surface area contributed by atoms with Gasteiger partial charge in [-0.1, -0.05) is 50.8 Å². The number of hydrogen-bond acceptors (Lipinski definition) is 1. The minimum Gasteiger partial charge on any atom is -0.310 e. The van der Waals surface area contributed by atoms with Crippen LogP contribution in [0.3, 0.4) is 0 Å². The average molecular weight is 312 g/mol.